The molecule has 1 N–H and O–H groups in total. The maximum atomic E-state index is 3.37. The summed E-state index contributed by atoms with van der Waals surface area (Å²) in [7, 11) is 2.08. The van der Waals surface area contributed by atoms with Crippen LogP contribution in [0.15, 0.2) is 0 Å². The Kier molecular flexibility index (Phi) is 2.94. The van der Waals surface area contributed by atoms with Crippen LogP contribution in [0.4, 0.5) is 0 Å². The minimum atomic E-state index is 0.760. The van der Waals surface area contributed by atoms with Crippen LogP contribution in [0.5, 0.6) is 0 Å². The topological polar surface area (TPSA) is 15.3 Å². The first-order valence-corrected chi connectivity index (χ1v) is 6.04. The van der Waals surface area contributed by atoms with Crippen LogP contribution >= 0.6 is 11.8 Å². The van der Waals surface area contributed by atoms with Crippen molar-refractivity contribution in [2.45, 2.75) is 24.9 Å². The molecule has 0 bridgehead atoms. The molecule has 0 aromatic heterocycles. The molecular formula is C9H18N2S. The molecule has 2 aliphatic heterocycles. The average molecular weight is 186 g/mol. The summed E-state index contributed by atoms with van der Waals surface area (Å²) < 4.78 is 0. The van der Waals surface area contributed by atoms with Gasteiger partial charge in [-0.3, -0.25) is 4.90 Å². The summed E-state index contributed by atoms with van der Waals surface area (Å²) in [6, 6.07) is 1.66. The van der Waals surface area contributed by atoms with Crippen molar-refractivity contribution >= 4 is 11.8 Å². The van der Waals surface area contributed by atoms with Crippen LogP contribution in [-0.2, 0) is 0 Å². The molecule has 2 nitrogen and oxygen atoms in total. The Bertz CT molecular complexity index is 145. The quantitative estimate of drug-likeness (QED) is 0.686. The Morgan fingerprint density at radius 2 is 2.33 bits per heavy atom. The first-order chi connectivity index (χ1) is 5.90. The van der Waals surface area contributed by atoms with Crippen LogP contribution < -0.4 is 5.32 Å². The number of nitrogens with one attached hydrogen (secondary N) is 1. The predicted molar refractivity (Wildman–Crippen MR) is 54.8 cm³/mol. The maximum Gasteiger partial charge on any atom is 0.0204 e. The second-order valence-corrected chi connectivity index (χ2v) is 4.94. The highest BCUT2D eigenvalue weighted by Gasteiger charge is 2.29. The summed E-state index contributed by atoms with van der Waals surface area (Å²) in [5, 5.41) is 3.37. The Morgan fingerprint density at radius 1 is 1.42 bits per heavy atom. The zero-order valence-electron chi connectivity index (χ0n) is 7.75. The van der Waals surface area contributed by atoms with Gasteiger partial charge in [0.2, 0.25) is 0 Å². The molecule has 70 valence electrons. The van der Waals surface area contributed by atoms with Crippen molar-refractivity contribution in [1.29, 1.82) is 0 Å². The van der Waals surface area contributed by atoms with E-state index in [0.717, 1.165) is 12.1 Å². The molecule has 2 rings (SSSR count). The lowest BCUT2D eigenvalue weighted by molar-refractivity contribution is 0.258. The lowest BCUT2D eigenvalue weighted by atomic mass is 10.2. The monoisotopic (exact) mass is 186 g/mol. The molecule has 0 aromatic carbocycles. The number of likely N-dealkylation sites (N-methyl/N-ethyl adjacent to an activating group) is 1. The SMILES string of the molecule is CNC1CCN(C2CCSC2)C1. The van der Waals surface area contributed by atoms with Gasteiger partial charge in [-0.1, -0.05) is 0 Å². The zero-order chi connectivity index (χ0) is 8.39. The molecule has 12 heavy (non-hydrogen) atoms. The van der Waals surface area contributed by atoms with Crippen LogP contribution in [0.2, 0.25) is 0 Å². The van der Waals surface area contributed by atoms with Crippen molar-refractivity contribution < 1.29 is 0 Å². The fourth-order valence-electron chi connectivity index (χ4n) is 2.16. The zero-order valence-corrected chi connectivity index (χ0v) is 8.57. The first kappa shape index (κ1) is 8.85. The van der Waals surface area contributed by atoms with E-state index in [1.807, 2.05) is 0 Å². The van der Waals surface area contributed by atoms with E-state index < -0.39 is 0 Å². The summed E-state index contributed by atoms with van der Waals surface area (Å²) in [5.41, 5.74) is 0. The van der Waals surface area contributed by atoms with Gasteiger partial charge in [0.25, 0.3) is 0 Å². The summed E-state index contributed by atoms with van der Waals surface area (Å²) in [6.45, 7) is 2.60. The number of rotatable bonds is 2. The molecule has 2 heterocycles. The Balaban J connectivity index is 1.81. The smallest absolute Gasteiger partial charge is 0.0204 e. The second-order valence-electron chi connectivity index (χ2n) is 3.79. The van der Waals surface area contributed by atoms with E-state index in [-0.39, 0.29) is 0 Å². The van der Waals surface area contributed by atoms with Gasteiger partial charge in [-0.15, -0.1) is 0 Å². The second kappa shape index (κ2) is 3.99. The standard InChI is InChI=1S/C9H18N2S/c1-10-8-2-4-11(6-8)9-3-5-12-7-9/h8-10H,2-7H2,1H3. The molecule has 0 spiro atoms. The van der Waals surface area contributed by atoms with Gasteiger partial charge in [0.15, 0.2) is 0 Å². The van der Waals surface area contributed by atoms with Gasteiger partial charge in [0, 0.05) is 30.9 Å². The minimum absolute atomic E-state index is 0.760. The molecule has 0 amide bonds. The van der Waals surface area contributed by atoms with Crippen LogP contribution in [0.1, 0.15) is 12.8 Å². The van der Waals surface area contributed by atoms with Crippen molar-refractivity contribution in [3.05, 3.63) is 0 Å². The van der Waals surface area contributed by atoms with Crippen LogP contribution in [0.25, 0.3) is 0 Å². The van der Waals surface area contributed by atoms with E-state index >= 15 is 0 Å². The highest BCUT2D eigenvalue weighted by Crippen LogP contribution is 2.25. The van der Waals surface area contributed by atoms with E-state index in [1.54, 1.807) is 0 Å². The highest BCUT2D eigenvalue weighted by molar-refractivity contribution is 7.99. The molecule has 2 unspecified atom stereocenters. The van der Waals surface area contributed by atoms with E-state index in [4.69, 9.17) is 0 Å². The Hall–Kier alpha value is 0.270. The van der Waals surface area contributed by atoms with E-state index in [2.05, 4.69) is 29.0 Å². The number of hydrogen-bond acceptors (Lipinski definition) is 3. The molecule has 2 fully saturated rings. The third-order valence-electron chi connectivity index (χ3n) is 3.05. The predicted octanol–water partition coefficient (Wildman–Crippen LogP) is 0.786. The maximum absolute atomic E-state index is 3.37. The third kappa shape index (κ3) is 1.78. The molecule has 0 radical (unpaired) electrons. The summed E-state index contributed by atoms with van der Waals surface area (Å²) in [6.07, 6.45) is 2.76. The van der Waals surface area contributed by atoms with Crippen LogP contribution in [0, 0.1) is 0 Å². The average Bonchev–Trinajstić information content (AvgIpc) is 2.75. The summed E-state index contributed by atoms with van der Waals surface area (Å²) in [5.74, 6) is 2.75. The largest absolute Gasteiger partial charge is 0.316 e. The Morgan fingerprint density at radius 3 is 2.92 bits per heavy atom. The molecule has 3 heteroatoms. The molecule has 0 saturated carbocycles. The van der Waals surface area contributed by atoms with Gasteiger partial charge in [0.1, 0.15) is 0 Å². The van der Waals surface area contributed by atoms with Gasteiger partial charge in [-0.25, -0.2) is 0 Å². The van der Waals surface area contributed by atoms with E-state index in [1.165, 1.54) is 37.4 Å². The molecule has 0 aromatic rings. The summed E-state index contributed by atoms with van der Waals surface area (Å²) >= 11 is 2.12. The van der Waals surface area contributed by atoms with Gasteiger partial charge < -0.3 is 5.32 Å². The molecule has 2 atom stereocenters. The number of nitrogens with zero attached hydrogens (tertiary/aromatic N) is 1. The van der Waals surface area contributed by atoms with Crippen molar-refractivity contribution in [3.8, 4) is 0 Å². The molecule has 0 aliphatic carbocycles. The fourth-order valence-corrected chi connectivity index (χ4v) is 3.42. The van der Waals surface area contributed by atoms with Crippen molar-refractivity contribution in [2.75, 3.05) is 31.6 Å². The van der Waals surface area contributed by atoms with Gasteiger partial charge >= 0.3 is 0 Å². The normalized spacial score (nSPS) is 37.8. The molecule has 2 aliphatic rings. The lowest BCUT2D eigenvalue weighted by Gasteiger charge is -2.22. The number of thioether (sulfide) groups is 1. The van der Waals surface area contributed by atoms with Crippen LogP contribution in [-0.4, -0.2) is 48.6 Å². The van der Waals surface area contributed by atoms with Crippen molar-refractivity contribution in [1.82, 2.24) is 10.2 Å². The van der Waals surface area contributed by atoms with Gasteiger partial charge in [-0.2, -0.15) is 11.8 Å². The molecule has 2 saturated heterocycles. The number of likely N-dealkylation sites (tertiary alicyclic amines) is 1. The van der Waals surface area contributed by atoms with E-state index in [0.29, 0.717) is 0 Å². The van der Waals surface area contributed by atoms with Crippen molar-refractivity contribution in [3.63, 3.8) is 0 Å². The number of hydrogen-bond donors (Lipinski definition) is 1. The minimum Gasteiger partial charge on any atom is -0.316 e. The lowest BCUT2D eigenvalue weighted by Crippen LogP contribution is -2.36. The van der Waals surface area contributed by atoms with Gasteiger partial charge in [0.05, 0.1) is 0 Å². The third-order valence-corrected chi connectivity index (χ3v) is 4.19. The first-order valence-electron chi connectivity index (χ1n) is 4.89. The fraction of sp³-hybridized carbons (Fsp3) is 1.00. The van der Waals surface area contributed by atoms with E-state index in [9.17, 15) is 0 Å². The highest BCUT2D eigenvalue weighted by atomic mass is 32.2. The van der Waals surface area contributed by atoms with Gasteiger partial charge in [-0.05, 0) is 25.6 Å². The Labute approximate surface area is 79.1 Å². The molecular weight excluding hydrogens is 168 g/mol. The van der Waals surface area contributed by atoms with Crippen LogP contribution in [0.3, 0.4) is 0 Å². The summed E-state index contributed by atoms with van der Waals surface area (Å²) in [4.78, 5) is 2.67. The van der Waals surface area contributed by atoms with Crippen molar-refractivity contribution in [2.24, 2.45) is 0 Å².